The van der Waals surface area contributed by atoms with Crippen molar-refractivity contribution in [3.05, 3.63) is 88.0 Å². The molecule has 1 nitrogen and oxygen atoms in total. The molecule has 0 fully saturated rings. The van der Waals surface area contributed by atoms with Crippen molar-refractivity contribution in [2.75, 3.05) is 10.8 Å². The van der Waals surface area contributed by atoms with E-state index in [0.29, 0.717) is 11.8 Å². The molecule has 0 aromatic heterocycles. The van der Waals surface area contributed by atoms with Gasteiger partial charge in [0.2, 0.25) is 0 Å². The summed E-state index contributed by atoms with van der Waals surface area (Å²) in [4.78, 5) is 3.98. The summed E-state index contributed by atoms with van der Waals surface area (Å²) in [7, 11) is 0. The number of rotatable bonds is 3. The van der Waals surface area contributed by atoms with Gasteiger partial charge >= 0.3 is 0 Å². The Morgan fingerprint density at radius 1 is 0.742 bits per heavy atom. The lowest BCUT2D eigenvalue weighted by Gasteiger charge is -2.33. The monoisotopic (exact) mass is 425 g/mol. The molecule has 0 atom stereocenters. The zero-order chi connectivity index (χ0) is 21.9. The fraction of sp³-hybridized carbons (Fsp3) is 0.310. The van der Waals surface area contributed by atoms with Crippen molar-refractivity contribution in [3.8, 4) is 11.1 Å². The Hall–Kier alpha value is -2.45. The molecule has 158 valence electrons. The molecule has 0 N–H and O–H groups in total. The highest BCUT2D eigenvalue weighted by atomic mass is 32.2. The fourth-order valence-corrected chi connectivity index (χ4v) is 6.27. The lowest BCUT2D eigenvalue weighted by Crippen LogP contribution is -2.22. The number of nitrogens with zero attached hydrogens (tertiary/aromatic N) is 1. The molecule has 0 saturated heterocycles. The molecule has 2 aliphatic rings. The molecule has 0 aliphatic carbocycles. The van der Waals surface area contributed by atoms with Gasteiger partial charge in [-0.25, -0.2) is 0 Å². The summed E-state index contributed by atoms with van der Waals surface area (Å²) in [5, 5.41) is 0. The molecular formula is C29H31NS. The van der Waals surface area contributed by atoms with E-state index in [1.54, 1.807) is 0 Å². The third kappa shape index (κ3) is 3.24. The summed E-state index contributed by atoms with van der Waals surface area (Å²) in [6.07, 6.45) is 0. The van der Waals surface area contributed by atoms with Crippen molar-refractivity contribution < 1.29 is 0 Å². The first-order chi connectivity index (χ1) is 14.9. The second kappa shape index (κ2) is 7.60. The highest BCUT2D eigenvalue weighted by Gasteiger charge is 2.35. The maximum Gasteiger partial charge on any atom is 0.0736 e. The first-order valence-corrected chi connectivity index (χ1v) is 12.3. The minimum Gasteiger partial charge on any atom is -0.329 e. The average Bonchev–Trinajstić information content (AvgIpc) is 3.18. The van der Waals surface area contributed by atoms with Crippen molar-refractivity contribution in [2.24, 2.45) is 0 Å². The minimum atomic E-state index is 0.514. The normalized spacial score (nSPS) is 14.9. The summed E-state index contributed by atoms with van der Waals surface area (Å²) >= 11 is 1.99. The molecule has 0 unspecified atom stereocenters. The standard InChI is InChI=1S/C29H31NS/c1-17(2)21-10-12-23-24-14-22(18(3)4)11-13-26(24)30-16-31-29(28(30)25(23)15-21)27-19(5)8-7-9-20(27)6/h7-15,17-18H,16H2,1-6H3. The minimum absolute atomic E-state index is 0.514. The second-order valence-corrected chi connectivity index (χ2v) is 10.5. The number of fused-ring (bicyclic) bond motifs is 6. The van der Waals surface area contributed by atoms with E-state index in [1.807, 2.05) is 11.8 Å². The van der Waals surface area contributed by atoms with Gasteiger partial charge in [-0.1, -0.05) is 64.1 Å². The van der Waals surface area contributed by atoms with E-state index < -0.39 is 0 Å². The molecule has 0 spiro atoms. The van der Waals surface area contributed by atoms with Gasteiger partial charge in [0.1, 0.15) is 0 Å². The van der Waals surface area contributed by atoms with E-state index in [2.05, 4.69) is 101 Å². The zero-order valence-corrected chi connectivity index (χ0v) is 20.2. The van der Waals surface area contributed by atoms with Crippen molar-refractivity contribution in [3.63, 3.8) is 0 Å². The summed E-state index contributed by atoms with van der Waals surface area (Å²) in [6.45, 7) is 13.6. The van der Waals surface area contributed by atoms with Gasteiger partial charge < -0.3 is 4.90 Å². The number of thioether (sulfide) groups is 1. The predicted octanol–water partition coefficient (Wildman–Crippen LogP) is 8.57. The van der Waals surface area contributed by atoms with Crippen LogP contribution in [0, 0.1) is 13.8 Å². The number of benzene rings is 3. The Kier molecular flexibility index (Phi) is 5.01. The lowest BCUT2D eigenvalue weighted by atomic mass is 9.85. The summed E-state index contributed by atoms with van der Waals surface area (Å²) in [6, 6.07) is 20.9. The van der Waals surface area contributed by atoms with E-state index in [-0.39, 0.29) is 0 Å². The topological polar surface area (TPSA) is 3.24 Å². The van der Waals surface area contributed by atoms with Gasteiger partial charge in [-0.2, -0.15) is 0 Å². The molecule has 0 amide bonds. The molecule has 0 bridgehead atoms. The molecule has 2 heteroatoms. The van der Waals surface area contributed by atoms with Crippen LogP contribution in [-0.2, 0) is 0 Å². The highest BCUT2D eigenvalue weighted by Crippen LogP contribution is 2.55. The first kappa shape index (κ1) is 20.5. The molecule has 2 aliphatic heterocycles. The van der Waals surface area contributed by atoms with Gasteiger partial charge in [0.15, 0.2) is 0 Å². The molecule has 5 rings (SSSR count). The maximum atomic E-state index is 2.55. The zero-order valence-electron chi connectivity index (χ0n) is 19.4. The van der Waals surface area contributed by atoms with Crippen LogP contribution in [0.3, 0.4) is 0 Å². The van der Waals surface area contributed by atoms with Crippen molar-refractivity contribution in [1.82, 2.24) is 0 Å². The van der Waals surface area contributed by atoms with Gasteiger partial charge in [0.05, 0.1) is 11.6 Å². The van der Waals surface area contributed by atoms with Gasteiger partial charge in [-0.3, -0.25) is 0 Å². The molecule has 0 radical (unpaired) electrons. The van der Waals surface area contributed by atoms with E-state index in [1.165, 1.54) is 60.8 Å². The lowest BCUT2D eigenvalue weighted by molar-refractivity contribution is 0.864. The van der Waals surface area contributed by atoms with Gasteiger partial charge in [-0.05, 0) is 77.3 Å². The molecule has 3 aromatic carbocycles. The maximum absolute atomic E-state index is 2.55. The smallest absolute Gasteiger partial charge is 0.0736 e. The Morgan fingerprint density at radius 3 is 2.00 bits per heavy atom. The van der Waals surface area contributed by atoms with Crippen LogP contribution in [0.5, 0.6) is 0 Å². The second-order valence-electron chi connectivity index (χ2n) is 9.54. The Balaban J connectivity index is 1.83. The third-order valence-electron chi connectivity index (χ3n) is 6.76. The van der Waals surface area contributed by atoms with Crippen LogP contribution in [0.2, 0.25) is 0 Å². The largest absolute Gasteiger partial charge is 0.329 e. The van der Waals surface area contributed by atoms with Crippen LogP contribution in [0.25, 0.3) is 21.7 Å². The van der Waals surface area contributed by atoms with Crippen molar-refractivity contribution in [1.29, 1.82) is 0 Å². The van der Waals surface area contributed by atoms with Crippen LogP contribution in [0.4, 0.5) is 5.69 Å². The van der Waals surface area contributed by atoms with Crippen molar-refractivity contribution >= 4 is 28.1 Å². The number of hydrogen-bond donors (Lipinski definition) is 0. The first-order valence-electron chi connectivity index (χ1n) is 11.4. The van der Waals surface area contributed by atoms with Crippen molar-refractivity contribution in [2.45, 2.75) is 53.4 Å². The number of hydrogen-bond acceptors (Lipinski definition) is 2. The van der Waals surface area contributed by atoms with Crippen LogP contribution in [0.1, 0.15) is 72.9 Å². The predicted molar refractivity (Wildman–Crippen MR) is 138 cm³/mol. The third-order valence-corrected chi connectivity index (χ3v) is 7.84. The van der Waals surface area contributed by atoms with E-state index >= 15 is 0 Å². The molecular weight excluding hydrogens is 394 g/mol. The van der Waals surface area contributed by atoms with Crippen LogP contribution in [0.15, 0.2) is 54.6 Å². The van der Waals surface area contributed by atoms with E-state index in [0.717, 1.165) is 5.88 Å². The van der Waals surface area contributed by atoms with E-state index in [4.69, 9.17) is 0 Å². The van der Waals surface area contributed by atoms with Gasteiger partial charge in [-0.15, -0.1) is 11.8 Å². The Morgan fingerprint density at radius 2 is 1.35 bits per heavy atom. The number of aryl methyl sites for hydroxylation is 2. The molecule has 3 aromatic rings. The quantitative estimate of drug-likeness (QED) is 0.413. The molecule has 2 heterocycles. The highest BCUT2D eigenvalue weighted by molar-refractivity contribution is 8.09. The Bertz CT molecular complexity index is 1200. The summed E-state index contributed by atoms with van der Waals surface area (Å²) in [5.41, 5.74) is 13.8. The summed E-state index contributed by atoms with van der Waals surface area (Å²) in [5.74, 6) is 2.01. The summed E-state index contributed by atoms with van der Waals surface area (Å²) < 4.78 is 0. The van der Waals surface area contributed by atoms with Gasteiger partial charge in [0.25, 0.3) is 0 Å². The fourth-order valence-electron chi connectivity index (χ4n) is 4.92. The Labute approximate surface area is 191 Å². The van der Waals surface area contributed by atoms with Crippen LogP contribution in [-0.4, -0.2) is 5.88 Å². The molecule has 31 heavy (non-hydrogen) atoms. The number of anilines is 1. The van der Waals surface area contributed by atoms with E-state index in [9.17, 15) is 0 Å². The van der Waals surface area contributed by atoms with Crippen LogP contribution >= 0.6 is 11.8 Å². The SMILES string of the molecule is Cc1cccc(C)c1C1=C2c3cc(C(C)C)ccc3-c3cc(C(C)C)ccc3N2CS1. The average molecular weight is 426 g/mol. The van der Waals surface area contributed by atoms with Crippen LogP contribution < -0.4 is 4.90 Å². The molecule has 0 saturated carbocycles. The van der Waals surface area contributed by atoms with Gasteiger partial charge in [0, 0.05) is 21.7 Å².